The van der Waals surface area contributed by atoms with Gasteiger partial charge >= 0.3 is 11.9 Å². The second kappa shape index (κ2) is 36.3. The maximum Gasteiger partial charge on any atom is 0.306 e. The van der Waals surface area contributed by atoms with Gasteiger partial charge in [0.2, 0.25) is 0 Å². The Balaban J connectivity index is 2.37. The fraction of sp³-hybridized carbons (Fsp3) is 0.822. The summed E-state index contributed by atoms with van der Waals surface area (Å²) in [6.45, 7) is 3.37. The molecule has 0 aromatic rings. The van der Waals surface area contributed by atoms with Gasteiger partial charge in [0.05, 0.1) is 13.2 Å². The minimum atomic E-state index is -1.60. The molecule has 1 rings (SSSR count). The largest absolute Gasteiger partial charge is 0.462 e. The minimum absolute atomic E-state index is 0.206. The molecular weight excluding hydrogens is 700 g/mol. The molecule has 0 radical (unpaired) electrons. The summed E-state index contributed by atoms with van der Waals surface area (Å²) < 4.78 is 22.1. The first-order valence-corrected chi connectivity index (χ1v) is 22.1. The highest BCUT2D eigenvalue weighted by atomic mass is 16.7. The van der Waals surface area contributed by atoms with Gasteiger partial charge in [0.1, 0.15) is 31.0 Å². The first-order chi connectivity index (χ1) is 26.8. The topological polar surface area (TPSA) is 152 Å². The van der Waals surface area contributed by atoms with Crippen LogP contribution in [0.1, 0.15) is 181 Å². The van der Waals surface area contributed by atoms with Gasteiger partial charge in [0.15, 0.2) is 12.4 Å². The highest BCUT2D eigenvalue weighted by molar-refractivity contribution is 5.70. The third-order valence-electron chi connectivity index (χ3n) is 10.0. The van der Waals surface area contributed by atoms with Crippen LogP contribution in [0.15, 0.2) is 36.5 Å². The van der Waals surface area contributed by atoms with Gasteiger partial charge in [-0.15, -0.1) is 0 Å². The van der Waals surface area contributed by atoms with Crippen LogP contribution in [0, 0.1) is 0 Å². The molecule has 1 aliphatic rings. The Morgan fingerprint density at radius 2 is 1.02 bits per heavy atom. The SMILES string of the molecule is CCCCCC/C=C/C=C/CCCCCCCC(=O)OC[C@@H](CO[C@H]1O[C@@H](CO)[C@@H](O)C(O)C1O)OC(=O)CCCCC/C=C/CCCCCCCCCC. The number of esters is 2. The molecular formula is C45H80O10. The average Bonchev–Trinajstić information content (AvgIpc) is 3.18. The number of aliphatic hydroxyl groups is 4. The van der Waals surface area contributed by atoms with Gasteiger partial charge in [-0.3, -0.25) is 9.59 Å². The van der Waals surface area contributed by atoms with Gasteiger partial charge in [0, 0.05) is 12.8 Å². The maximum atomic E-state index is 12.7. The summed E-state index contributed by atoms with van der Waals surface area (Å²) in [5.74, 6) is -0.842. The minimum Gasteiger partial charge on any atom is -0.462 e. The van der Waals surface area contributed by atoms with Crippen LogP contribution in [0.3, 0.4) is 0 Å². The number of allylic oxidation sites excluding steroid dienone is 6. The molecule has 0 amide bonds. The van der Waals surface area contributed by atoms with Crippen molar-refractivity contribution >= 4 is 11.9 Å². The Labute approximate surface area is 334 Å². The number of hydrogen-bond donors (Lipinski definition) is 4. The number of aliphatic hydroxyl groups excluding tert-OH is 4. The van der Waals surface area contributed by atoms with E-state index in [4.69, 9.17) is 18.9 Å². The Bertz CT molecular complexity index is 996. The van der Waals surface area contributed by atoms with Crippen molar-refractivity contribution in [2.24, 2.45) is 0 Å². The highest BCUT2D eigenvalue weighted by Gasteiger charge is 2.44. The van der Waals surface area contributed by atoms with Crippen LogP contribution in [0.5, 0.6) is 0 Å². The number of rotatable bonds is 36. The monoisotopic (exact) mass is 781 g/mol. The first-order valence-electron chi connectivity index (χ1n) is 22.1. The van der Waals surface area contributed by atoms with E-state index in [2.05, 4.69) is 50.3 Å². The lowest BCUT2D eigenvalue weighted by Gasteiger charge is -2.39. The van der Waals surface area contributed by atoms with Crippen LogP contribution in [0.2, 0.25) is 0 Å². The molecule has 10 heteroatoms. The maximum absolute atomic E-state index is 12.7. The van der Waals surface area contributed by atoms with E-state index in [9.17, 15) is 30.0 Å². The van der Waals surface area contributed by atoms with E-state index in [1.807, 2.05) is 0 Å². The molecule has 0 aromatic carbocycles. The summed E-state index contributed by atoms with van der Waals surface area (Å²) in [5.41, 5.74) is 0. The normalized spacial score (nSPS) is 20.9. The predicted octanol–water partition coefficient (Wildman–Crippen LogP) is 9.11. The average molecular weight is 781 g/mol. The molecule has 55 heavy (non-hydrogen) atoms. The number of unbranched alkanes of at least 4 members (excludes halogenated alkanes) is 20. The van der Waals surface area contributed by atoms with E-state index in [-0.39, 0.29) is 26.1 Å². The first kappa shape index (κ1) is 50.9. The molecule has 1 heterocycles. The molecule has 4 N–H and O–H groups in total. The van der Waals surface area contributed by atoms with Crippen LogP contribution in [0.25, 0.3) is 0 Å². The van der Waals surface area contributed by atoms with Gasteiger partial charge in [-0.2, -0.15) is 0 Å². The van der Waals surface area contributed by atoms with Crippen molar-refractivity contribution in [1.29, 1.82) is 0 Å². The van der Waals surface area contributed by atoms with E-state index >= 15 is 0 Å². The van der Waals surface area contributed by atoms with Crippen molar-refractivity contribution in [3.63, 3.8) is 0 Å². The Morgan fingerprint density at radius 3 is 1.56 bits per heavy atom. The van der Waals surface area contributed by atoms with E-state index in [0.717, 1.165) is 64.2 Å². The second-order valence-electron chi connectivity index (χ2n) is 15.2. The van der Waals surface area contributed by atoms with Crippen LogP contribution in [-0.4, -0.2) is 89.0 Å². The zero-order valence-electron chi connectivity index (χ0n) is 34.7. The second-order valence-corrected chi connectivity index (χ2v) is 15.2. The Kier molecular flexibility index (Phi) is 33.6. The van der Waals surface area contributed by atoms with Crippen molar-refractivity contribution in [1.82, 2.24) is 0 Å². The summed E-state index contributed by atoms with van der Waals surface area (Å²) in [6, 6.07) is 0. The van der Waals surface area contributed by atoms with Crippen molar-refractivity contribution in [3.05, 3.63) is 36.5 Å². The molecule has 0 aromatic heterocycles. The lowest BCUT2D eigenvalue weighted by Crippen LogP contribution is -2.59. The smallest absolute Gasteiger partial charge is 0.306 e. The quantitative estimate of drug-likeness (QED) is 0.0210. The van der Waals surface area contributed by atoms with Crippen LogP contribution >= 0.6 is 0 Å². The molecule has 1 aliphatic heterocycles. The van der Waals surface area contributed by atoms with Crippen molar-refractivity contribution in [2.45, 2.75) is 218 Å². The molecule has 0 saturated carbocycles. The third-order valence-corrected chi connectivity index (χ3v) is 10.0. The summed E-state index contributed by atoms with van der Waals surface area (Å²) in [4.78, 5) is 25.3. The summed E-state index contributed by atoms with van der Waals surface area (Å²) in [6.07, 6.45) is 32.9. The molecule has 0 aliphatic carbocycles. The zero-order chi connectivity index (χ0) is 40.2. The van der Waals surface area contributed by atoms with E-state index in [1.54, 1.807) is 0 Å². The molecule has 0 bridgehead atoms. The molecule has 2 unspecified atom stereocenters. The van der Waals surface area contributed by atoms with Gasteiger partial charge in [0.25, 0.3) is 0 Å². The molecule has 6 atom stereocenters. The summed E-state index contributed by atoms with van der Waals surface area (Å²) >= 11 is 0. The van der Waals surface area contributed by atoms with Crippen molar-refractivity contribution in [3.8, 4) is 0 Å². The van der Waals surface area contributed by atoms with Gasteiger partial charge in [-0.1, -0.05) is 140 Å². The molecule has 1 saturated heterocycles. The molecule has 320 valence electrons. The standard InChI is InChI=1S/C45H80O10/c1-3-5-7-9-11-13-15-17-19-21-23-25-27-29-31-33-40(47)52-36-38(37-53-45-44(51)43(50)42(49)39(35-46)55-45)54-41(48)34-32-30-28-26-24-22-20-18-16-14-12-10-8-6-4-2/h13,15,17,19,22,24,38-39,42-46,49-51H,3-12,14,16,18,20-21,23,25-37H2,1-2H3/b15-13+,19-17+,24-22+/t38-,39-,42+,43?,44?,45-/m0/s1. The molecule has 1 fully saturated rings. The Morgan fingerprint density at radius 1 is 0.564 bits per heavy atom. The number of carbonyl (C=O) groups excluding carboxylic acids is 2. The highest BCUT2D eigenvalue weighted by Crippen LogP contribution is 2.22. The van der Waals surface area contributed by atoms with Gasteiger partial charge < -0.3 is 39.4 Å². The fourth-order valence-electron chi connectivity index (χ4n) is 6.47. The van der Waals surface area contributed by atoms with Crippen molar-refractivity contribution in [2.75, 3.05) is 19.8 Å². The van der Waals surface area contributed by atoms with Gasteiger partial charge in [-0.25, -0.2) is 0 Å². The van der Waals surface area contributed by atoms with Crippen LogP contribution < -0.4 is 0 Å². The lowest BCUT2D eigenvalue weighted by molar-refractivity contribution is -0.305. The van der Waals surface area contributed by atoms with E-state index in [0.29, 0.717) is 12.8 Å². The molecule has 0 spiro atoms. The zero-order valence-corrected chi connectivity index (χ0v) is 34.7. The summed E-state index contributed by atoms with van der Waals surface area (Å²) in [7, 11) is 0. The fourth-order valence-corrected chi connectivity index (χ4v) is 6.47. The van der Waals surface area contributed by atoms with Gasteiger partial charge in [-0.05, 0) is 64.2 Å². The Hall–Kier alpha value is -2.08. The molecule has 10 nitrogen and oxygen atoms in total. The number of ether oxygens (including phenoxy) is 4. The predicted molar refractivity (Wildman–Crippen MR) is 219 cm³/mol. The van der Waals surface area contributed by atoms with E-state index < -0.39 is 55.4 Å². The van der Waals surface area contributed by atoms with Crippen LogP contribution in [0.4, 0.5) is 0 Å². The summed E-state index contributed by atoms with van der Waals surface area (Å²) in [5, 5.41) is 40.0. The third kappa shape index (κ3) is 28.0. The van der Waals surface area contributed by atoms with E-state index in [1.165, 1.54) is 77.0 Å². The van der Waals surface area contributed by atoms with Crippen LogP contribution in [-0.2, 0) is 28.5 Å². The number of carbonyl (C=O) groups is 2. The van der Waals surface area contributed by atoms with Crippen molar-refractivity contribution < 1.29 is 49.0 Å². The lowest BCUT2D eigenvalue weighted by atomic mass is 9.99. The number of hydrogen-bond acceptors (Lipinski definition) is 10.